The van der Waals surface area contributed by atoms with Crippen LogP contribution in [0.2, 0.25) is 0 Å². The summed E-state index contributed by atoms with van der Waals surface area (Å²) in [6.07, 6.45) is -4.40. The summed E-state index contributed by atoms with van der Waals surface area (Å²) < 4.78 is 40.2. The number of benzene rings is 1. The fourth-order valence-electron chi connectivity index (χ4n) is 2.99. The Kier molecular flexibility index (Phi) is 5.94. The molecule has 2 aromatic rings. The molecule has 0 amide bonds. The van der Waals surface area contributed by atoms with Crippen molar-refractivity contribution in [3.05, 3.63) is 35.7 Å². The molecule has 1 aliphatic heterocycles. The van der Waals surface area contributed by atoms with Crippen LogP contribution in [0.5, 0.6) is 0 Å². The van der Waals surface area contributed by atoms with E-state index in [9.17, 15) is 13.2 Å². The molecule has 26 heavy (non-hydrogen) atoms. The molecule has 0 atom stereocenters. The molecule has 1 aromatic carbocycles. The maximum atomic E-state index is 12.9. The molecule has 1 aliphatic rings. The summed E-state index contributed by atoms with van der Waals surface area (Å²) in [6.45, 7) is 7.41. The number of nitrogens with zero attached hydrogens (tertiary/aromatic N) is 6. The zero-order valence-corrected chi connectivity index (χ0v) is 15.7. The van der Waals surface area contributed by atoms with Crippen LogP contribution in [0, 0.1) is 0 Å². The predicted molar refractivity (Wildman–Crippen MR) is 93.4 cm³/mol. The van der Waals surface area contributed by atoms with Crippen molar-refractivity contribution in [2.75, 3.05) is 26.7 Å². The van der Waals surface area contributed by atoms with Gasteiger partial charge in [0.05, 0.1) is 17.8 Å². The van der Waals surface area contributed by atoms with E-state index in [-0.39, 0.29) is 17.9 Å². The largest absolute Gasteiger partial charge is 0.416 e. The highest BCUT2D eigenvalue weighted by Crippen LogP contribution is 2.30. The first-order valence-corrected chi connectivity index (χ1v) is 8.05. The number of tetrazole rings is 1. The van der Waals surface area contributed by atoms with E-state index in [2.05, 4.69) is 46.2 Å². The summed E-state index contributed by atoms with van der Waals surface area (Å²) >= 11 is 0. The van der Waals surface area contributed by atoms with Crippen molar-refractivity contribution in [2.24, 2.45) is 0 Å². The van der Waals surface area contributed by atoms with Gasteiger partial charge in [0.2, 0.25) is 0 Å². The number of likely N-dealkylation sites (N-methyl/N-ethyl adjacent to an activating group) is 1. The van der Waals surface area contributed by atoms with Gasteiger partial charge in [0.25, 0.3) is 0 Å². The summed E-state index contributed by atoms with van der Waals surface area (Å²) in [5.41, 5.74) is -0.386. The minimum Gasteiger partial charge on any atom is -0.299 e. The summed E-state index contributed by atoms with van der Waals surface area (Å²) in [7, 11) is 2.09. The fourth-order valence-corrected chi connectivity index (χ4v) is 2.99. The van der Waals surface area contributed by atoms with Crippen LogP contribution in [0.1, 0.15) is 25.2 Å². The maximum Gasteiger partial charge on any atom is 0.416 e. The molecule has 1 saturated heterocycles. The molecule has 0 spiro atoms. The van der Waals surface area contributed by atoms with Crippen molar-refractivity contribution in [2.45, 2.75) is 32.1 Å². The second kappa shape index (κ2) is 7.50. The Bertz CT molecular complexity index is 746. The lowest BCUT2D eigenvalue weighted by atomic mass is 10.00. The lowest BCUT2D eigenvalue weighted by Gasteiger charge is -2.45. The van der Waals surface area contributed by atoms with E-state index in [0.29, 0.717) is 18.1 Å². The molecular formula is C16H22ClF3N6. The molecule has 0 saturated carbocycles. The third-order valence-electron chi connectivity index (χ3n) is 4.71. The molecule has 0 N–H and O–H groups in total. The summed E-state index contributed by atoms with van der Waals surface area (Å²) in [4.78, 5) is 4.51. The van der Waals surface area contributed by atoms with Crippen LogP contribution in [0.3, 0.4) is 0 Å². The van der Waals surface area contributed by atoms with Crippen LogP contribution in [0.4, 0.5) is 13.2 Å². The number of rotatable bonds is 3. The van der Waals surface area contributed by atoms with Gasteiger partial charge in [-0.15, -0.1) is 17.5 Å². The van der Waals surface area contributed by atoms with Crippen LogP contribution in [-0.2, 0) is 12.7 Å². The number of piperazine rings is 1. The first-order valence-electron chi connectivity index (χ1n) is 8.05. The van der Waals surface area contributed by atoms with Gasteiger partial charge >= 0.3 is 6.18 Å². The number of alkyl halides is 3. The Morgan fingerprint density at radius 3 is 2.58 bits per heavy atom. The van der Waals surface area contributed by atoms with Crippen molar-refractivity contribution in [1.82, 2.24) is 30.0 Å². The van der Waals surface area contributed by atoms with E-state index in [1.807, 2.05) is 0 Å². The van der Waals surface area contributed by atoms with Gasteiger partial charge in [-0.3, -0.25) is 9.80 Å². The molecule has 0 bridgehead atoms. The fraction of sp³-hybridized carbons (Fsp3) is 0.562. The Labute approximate surface area is 156 Å². The highest BCUT2D eigenvalue weighted by Gasteiger charge is 2.32. The minimum absolute atomic E-state index is 0. The van der Waals surface area contributed by atoms with E-state index in [1.54, 1.807) is 6.07 Å². The smallest absolute Gasteiger partial charge is 0.299 e. The number of aromatic nitrogens is 4. The number of hydrogen-bond acceptors (Lipinski definition) is 5. The van der Waals surface area contributed by atoms with Crippen LogP contribution >= 0.6 is 12.4 Å². The van der Waals surface area contributed by atoms with E-state index >= 15 is 0 Å². The van der Waals surface area contributed by atoms with Gasteiger partial charge in [-0.1, -0.05) is 6.07 Å². The normalized spacial score (nSPS) is 18.5. The number of hydrogen-bond donors (Lipinski definition) is 0. The Morgan fingerprint density at radius 1 is 1.19 bits per heavy atom. The summed E-state index contributed by atoms with van der Waals surface area (Å²) in [5.74, 6) is 0.527. The van der Waals surface area contributed by atoms with Gasteiger partial charge < -0.3 is 0 Å². The lowest BCUT2D eigenvalue weighted by Crippen LogP contribution is -2.57. The van der Waals surface area contributed by atoms with Crippen molar-refractivity contribution in [3.8, 4) is 5.69 Å². The molecule has 10 heteroatoms. The van der Waals surface area contributed by atoms with Crippen LogP contribution in [0.25, 0.3) is 5.69 Å². The predicted octanol–water partition coefficient (Wildman–Crippen LogP) is 2.63. The maximum absolute atomic E-state index is 12.9. The third kappa shape index (κ3) is 4.33. The number of halogens is 4. The Hall–Kier alpha value is -1.71. The van der Waals surface area contributed by atoms with E-state index in [1.165, 1.54) is 10.7 Å². The van der Waals surface area contributed by atoms with Gasteiger partial charge in [0.1, 0.15) is 0 Å². The average Bonchev–Trinajstić information content (AvgIpc) is 2.98. The van der Waals surface area contributed by atoms with Gasteiger partial charge in [-0.2, -0.15) is 17.9 Å². The van der Waals surface area contributed by atoms with Gasteiger partial charge in [-0.25, -0.2) is 0 Å². The zero-order chi connectivity index (χ0) is 18.2. The van der Waals surface area contributed by atoms with Crippen molar-refractivity contribution in [1.29, 1.82) is 0 Å². The lowest BCUT2D eigenvalue weighted by molar-refractivity contribution is -0.137. The molecule has 1 fully saturated rings. The monoisotopic (exact) mass is 390 g/mol. The zero-order valence-electron chi connectivity index (χ0n) is 14.9. The topological polar surface area (TPSA) is 50.1 Å². The van der Waals surface area contributed by atoms with Crippen LogP contribution in [-0.4, -0.2) is 62.2 Å². The highest BCUT2D eigenvalue weighted by molar-refractivity contribution is 5.85. The summed E-state index contributed by atoms with van der Waals surface area (Å²) in [6, 6.07) is 5.04. The molecule has 144 valence electrons. The second-order valence-corrected chi connectivity index (χ2v) is 7.00. The molecule has 2 heterocycles. The van der Waals surface area contributed by atoms with E-state index in [4.69, 9.17) is 0 Å². The second-order valence-electron chi connectivity index (χ2n) is 7.00. The van der Waals surface area contributed by atoms with E-state index in [0.717, 1.165) is 31.8 Å². The van der Waals surface area contributed by atoms with Crippen molar-refractivity contribution in [3.63, 3.8) is 0 Å². The van der Waals surface area contributed by atoms with Crippen molar-refractivity contribution >= 4 is 12.4 Å². The van der Waals surface area contributed by atoms with Gasteiger partial charge in [0.15, 0.2) is 5.82 Å². The first kappa shape index (κ1) is 20.6. The third-order valence-corrected chi connectivity index (χ3v) is 4.71. The molecule has 1 aromatic heterocycles. The molecule has 0 radical (unpaired) electrons. The molecule has 3 rings (SSSR count). The molecule has 0 unspecified atom stereocenters. The minimum atomic E-state index is -4.40. The Morgan fingerprint density at radius 2 is 1.92 bits per heavy atom. The molecule has 6 nitrogen and oxygen atoms in total. The average molecular weight is 391 g/mol. The quantitative estimate of drug-likeness (QED) is 0.806. The standard InChI is InChI=1S/C16H21F3N6.ClH/c1-15(2)11-24(8-7-23(15)3)10-14-20-21-22-25(14)13-6-4-5-12(9-13)16(17,18)19;/h4-6,9H,7-8,10-11H2,1-3H3;1H. The van der Waals surface area contributed by atoms with E-state index < -0.39 is 11.7 Å². The first-order chi connectivity index (χ1) is 11.7. The molecule has 0 aliphatic carbocycles. The van der Waals surface area contributed by atoms with Gasteiger partial charge in [0, 0.05) is 25.2 Å². The molecular weight excluding hydrogens is 369 g/mol. The van der Waals surface area contributed by atoms with Crippen LogP contribution < -0.4 is 0 Å². The summed E-state index contributed by atoms with van der Waals surface area (Å²) in [5, 5.41) is 11.5. The van der Waals surface area contributed by atoms with Crippen LogP contribution in [0.15, 0.2) is 24.3 Å². The Balaban J connectivity index is 0.00000243. The van der Waals surface area contributed by atoms with Gasteiger partial charge in [-0.05, 0) is 49.5 Å². The SMILES string of the molecule is CN1CCN(Cc2nnnn2-c2cccc(C(F)(F)F)c2)CC1(C)C.Cl. The van der Waals surface area contributed by atoms with Crippen molar-refractivity contribution < 1.29 is 13.2 Å². The highest BCUT2D eigenvalue weighted by atomic mass is 35.5.